The molecule has 0 bridgehead atoms. The lowest BCUT2D eigenvalue weighted by molar-refractivity contribution is 0.831. The second-order valence-electron chi connectivity index (χ2n) is 2.16. The van der Waals surface area contributed by atoms with Crippen LogP contribution in [-0.2, 0) is 7.05 Å². The number of hydrogen-bond acceptors (Lipinski definition) is 3. The van der Waals surface area contributed by atoms with Gasteiger partial charge in [-0.3, -0.25) is 5.41 Å². The van der Waals surface area contributed by atoms with Crippen molar-refractivity contribution in [1.82, 2.24) is 4.57 Å². The molecule has 54 valence electrons. The van der Waals surface area contributed by atoms with Crippen molar-refractivity contribution in [2.24, 2.45) is 7.05 Å². The highest BCUT2D eigenvalue weighted by Gasteiger charge is 1.92. The van der Waals surface area contributed by atoms with Crippen LogP contribution in [0, 0.1) is 5.41 Å². The molecule has 0 atom stereocenters. The van der Waals surface area contributed by atoms with Gasteiger partial charge in [-0.2, -0.15) is 0 Å². The van der Waals surface area contributed by atoms with Gasteiger partial charge in [-0.15, -0.1) is 0 Å². The fourth-order valence-corrected chi connectivity index (χ4v) is 0.703. The summed E-state index contributed by atoms with van der Waals surface area (Å²) in [5.74, 6) is 0.505. The van der Waals surface area contributed by atoms with Crippen LogP contribution >= 0.6 is 0 Å². The molecular weight excluding hydrogens is 128 g/mol. The van der Waals surface area contributed by atoms with Crippen molar-refractivity contribution in [3.05, 3.63) is 17.6 Å². The summed E-state index contributed by atoms with van der Waals surface area (Å²) in [6, 6.07) is 3.18. The van der Waals surface area contributed by atoms with Gasteiger partial charge in [0.25, 0.3) is 0 Å². The van der Waals surface area contributed by atoms with Crippen LogP contribution in [0.5, 0.6) is 0 Å². The third-order valence-electron chi connectivity index (χ3n) is 1.37. The summed E-state index contributed by atoms with van der Waals surface area (Å²) in [5.41, 5.74) is 11.7. The van der Waals surface area contributed by atoms with Gasteiger partial charge in [-0.05, 0) is 0 Å². The van der Waals surface area contributed by atoms with E-state index in [9.17, 15) is 0 Å². The second-order valence-corrected chi connectivity index (χ2v) is 2.16. The van der Waals surface area contributed by atoms with Gasteiger partial charge in [-0.25, -0.2) is 0 Å². The van der Waals surface area contributed by atoms with E-state index >= 15 is 0 Å². The molecule has 1 heterocycles. The van der Waals surface area contributed by atoms with E-state index in [0.717, 1.165) is 0 Å². The number of rotatable bonds is 0. The van der Waals surface area contributed by atoms with Crippen molar-refractivity contribution in [3.8, 4) is 0 Å². The Balaban J connectivity index is 3.46. The molecule has 1 rings (SSSR count). The fraction of sp³-hybridized carbons (Fsp3) is 0.167. The van der Waals surface area contributed by atoms with E-state index in [1.807, 2.05) is 0 Å². The Bertz CT molecular complexity index is 299. The average molecular weight is 138 g/mol. The number of nitrogen functional groups attached to an aromatic ring is 2. The van der Waals surface area contributed by atoms with Crippen LogP contribution in [0.25, 0.3) is 0 Å². The van der Waals surface area contributed by atoms with Crippen molar-refractivity contribution in [3.63, 3.8) is 0 Å². The standard InChI is InChI=1S/C6H10N4/c1-10-5(8)2-4(7)3-6(10)9/h2-3,8H,7,9H2,1H3. The van der Waals surface area contributed by atoms with Gasteiger partial charge in [0.05, 0.1) is 0 Å². The highest BCUT2D eigenvalue weighted by Crippen LogP contribution is 2.01. The molecule has 10 heavy (non-hydrogen) atoms. The molecule has 0 amide bonds. The minimum Gasteiger partial charge on any atom is -0.399 e. The minimum absolute atomic E-state index is 0.317. The molecule has 4 heteroatoms. The molecule has 5 N–H and O–H groups in total. The van der Waals surface area contributed by atoms with Gasteiger partial charge in [0.2, 0.25) is 0 Å². The molecule has 0 saturated heterocycles. The number of nitrogens with two attached hydrogens (primary N) is 2. The van der Waals surface area contributed by atoms with Crippen LogP contribution in [0.2, 0.25) is 0 Å². The van der Waals surface area contributed by atoms with Crippen molar-refractivity contribution >= 4 is 11.5 Å². The summed E-state index contributed by atoms with van der Waals surface area (Å²) in [6.45, 7) is 0. The maximum absolute atomic E-state index is 7.30. The topological polar surface area (TPSA) is 80.8 Å². The fourth-order valence-electron chi connectivity index (χ4n) is 0.703. The van der Waals surface area contributed by atoms with E-state index in [-0.39, 0.29) is 0 Å². The Kier molecular flexibility index (Phi) is 1.37. The maximum atomic E-state index is 7.30. The molecule has 0 radical (unpaired) electrons. The van der Waals surface area contributed by atoms with Crippen LogP contribution < -0.4 is 17.0 Å². The van der Waals surface area contributed by atoms with Gasteiger partial charge < -0.3 is 16.0 Å². The summed E-state index contributed by atoms with van der Waals surface area (Å²) in [6.07, 6.45) is 0. The van der Waals surface area contributed by atoms with Crippen LogP contribution in [0.4, 0.5) is 11.5 Å². The highest BCUT2D eigenvalue weighted by molar-refractivity contribution is 5.46. The summed E-state index contributed by atoms with van der Waals surface area (Å²) in [5, 5.41) is 7.30. The zero-order valence-electron chi connectivity index (χ0n) is 5.76. The van der Waals surface area contributed by atoms with Crippen LogP contribution in [0.3, 0.4) is 0 Å². The summed E-state index contributed by atoms with van der Waals surface area (Å²) >= 11 is 0. The van der Waals surface area contributed by atoms with E-state index in [1.54, 1.807) is 23.7 Å². The number of nitrogens with zero attached hydrogens (tertiary/aromatic N) is 1. The highest BCUT2D eigenvalue weighted by atomic mass is 15.0. The molecule has 0 saturated carbocycles. The van der Waals surface area contributed by atoms with Crippen molar-refractivity contribution < 1.29 is 0 Å². The molecule has 1 aromatic heterocycles. The molecule has 4 nitrogen and oxygen atoms in total. The number of aromatic nitrogens is 1. The zero-order valence-corrected chi connectivity index (χ0v) is 5.76. The quantitative estimate of drug-likeness (QED) is 0.458. The minimum atomic E-state index is 0.317. The Hall–Kier alpha value is -1.45. The lowest BCUT2D eigenvalue weighted by Crippen LogP contribution is -2.19. The van der Waals surface area contributed by atoms with Crippen LogP contribution in [0.1, 0.15) is 0 Å². The summed E-state index contributed by atoms with van der Waals surface area (Å²) in [7, 11) is 1.72. The molecule has 1 aromatic rings. The normalized spacial score (nSPS) is 9.70. The van der Waals surface area contributed by atoms with Gasteiger partial charge in [0.1, 0.15) is 11.3 Å². The lowest BCUT2D eigenvalue weighted by atomic mass is 10.4. The summed E-state index contributed by atoms with van der Waals surface area (Å²) < 4.78 is 1.55. The molecule has 0 fully saturated rings. The number of anilines is 2. The maximum Gasteiger partial charge on any atom is 0.128 e. The molecule has 0 unspecified atom stereocenters. The predicted octanol–water partition coefficient (Wildman–Crippen LogP) is -0.331. The second kappa shape index (κ2) is 2.06. The van der Waals surface area contributed by atoms with E-state index in [4.69, 9.17) is 16.9 Å². The van der Waals surface area contributed by atoms with E-state index in [0.29, 0.717) is 17.0 Å². The average Bonchev–Trinajstić information content (AvgIpc) is 1.82. The smallest absolute Gasteiger partial charge is 0.128 e. The number of hydrogen-bond donors (Lipinski definition) is 3. The zero-order chi connectivity index (χ0) is 7.72. The molecular formula is C6H10N4. The largest absolute Gasteiger partial charge is 0.399 e. The third kappa shape index (κ3) is 0.953. The van der Waals surface area contributed by atoms with E-state index in [2.05, 4.69) is 0 Å². The molecule has 0 aliphatic rings. The van der Waals surface area contributed by atoms with Crippen molar-refractivity contribution in [2.45, 2.75) is 0 Å². The Morgan fingerprint density at radius 2 is 2.00 bits per heavy atom. The van der Waals surface area contributed by atoms with Gasteiger partial charge in [-0.1, -0.05) is 0 Å². The third-order valence-corrected chi connectivity index (χ3v) is 1.37. The van der Waals surface area contributed by atoms with Crippen LogP contribution in [0.15, 0.2) is 12.1 Å². The Labute approximate surface area is 58.6 Å². The first-order chi connectivity index (χ1) is 4.61. The van der Waals surface area contributed by atoms with Gasteiger partial charge >= 0.3 is 0 Å². The number of nitrogens with one attached hydrogen (secondary N) is 1. The first-order valence-corrected chi connectivity index (χ1v) is 2.88. The van der Waals surface area contributed by atoms with Crippen molar-refractivity contribution in [2.75, 3.05) is 11.5 Å². The lowest BCUT2D eigenvalue weighted by Gasteiger charge is -2.03. The monoisotopic (exact) mass is 138 g/mol. The molecule has 0 aliphatic heterocycles. The van der Waals surface area contributed by atoms with Crippen molar-refractivity contribution in [1.29, 1.82) is 5.41 Å². The first-order valence-electron chi connectivity index (χ1n) is 2.88. The van der Waals surface area contributed by atoms with Crippen LogP contribution in [-0.4, -0.2) is 4.57 Å². The SMILES string of the molecule is Cn1c(N)cc(N)cc1=N. The Morgan fingerprint density at radius 1 is 1.40 bits per heavy atom. The van der Waals surface area contributed by atoms with E-state index in [1.165, 1.54) is 0 Å². The number of pyridine rings is 1. The molecule has 0 spiro atoms. The van der Waals surface area contributed by atoms with E-state index < -0.39 is 0 Å². The molecule has 0 aromatic carbocycles. The van der Waals surface area contributed by atoms with Gasteiger partial charge in [0.15, 0.2) is 0 Å². The first kappa shape index (κ1) is 6.67. The summed E-state index contributed by atoms with van der Waals surface area (Å²) in [4.78, 5) is 0. The predicted molar refractivity (Wildman–Crippen MR) is 40.1 cm³/mol. The molecule has 0 aliphatic carbocycles. The van der Waals surface area contributed by atoms with Gasteiger partial charge in [0, 0.05) is 24.9 Å². The Morgan fingerprint density at radius 3 is 2.50 bits per heavy atom.